The molecule has 1 aliphatic heterocycles. The van der Waals surface area contributed by atoms with Crippen LogP contribution in [0.3, 0.4) is 0 Å². The molecule has 1 N–H and O–H groups in total. The molecule has 0 aliphatic carbocycles. The zero-order valence-corrected chi connectivity index (χ0v) is 13.4. The number of sulfonamides is 1. The molecular weight excluding hydrogens is 330 g/mol. The van der Waals surface area contributed by atoms with Gasteiger partial charge in [0, 0.05) is 34.7 Å². The molecule has 5 nitrogen and oxygen atoms in total. The molecule has 1 fully saturated rings. The second kappa shape index (κ2) is 5.60. The van der Waals surface area contributed by atoms with Gasteiger partial charge in [-0.1, -0.05) is 18.2 Å². The van der Waals surface area contributed by atoms with E-state index >= 15 is 0 Å². The molecule has 1 aromatic carbocycles. The molecule has 1 saturated heterocycles. The third-order valence-corrected chi connectivity index (χ3v) is 7.53. The molecule has 8 heteroatoms. The fourth-order valence-corrected chi connectivity index (χ4v) is 6.61. The fourth-order valence-electron chi connectivity index (χ4n) is 2.33. The first-order valence-electron chi connectivity index (χ1n) is 6.34. The van der Waals surface area contributed by atoms with Gasteiger partial charge in [-0.3, -0.25) is 0 Å². The maximum Gasteiger partial charge on any atom is 0.347 e. The molecular formula is C13H13NO4S3. The number of hydrogen-bond donors (Lipinski definition) is 1. The molecule has 0 spiro atoms. The molecule has 0 radical (unpaired) electrons. The van der Waals surface area contributed by atoms with Crippen LogP contribution in [-0.4, -0.2) is 48.4 Å². The average Bonchev–Trinajstić information content (AvgIpc) is 2.88. The minimum Gasteiger partial charge on any atom is -0.477 e. The van der Waals surface area contributed by atoms with Crippen molar-refractivity contribution in [2.45, 2.75) is 4.90 Å². The van der Waals surface area contributed by atoms with Crippen LogP contribution >= 0.6 is 23.1 Å². The van der Waals surface area contributed by atoms with Crippen molar-refractivity contribution in [3.05, 3.63) is 29.1 Å². The Kier molecular flexibility index (Phi) is 3.96. The second-order valence-electron chi connectivity index (χ2n) is 4.58. The van der Waals surface area contributed by atoms with Gasteiger partial charge in [0.1, 0.15) is 9.77 Å². The number of thioether (sulfide) groups is 1. The summed E-state index contributed by atoms with van der Waals surface area (Å²) in [6, 6.07) is 6.92. The van der Waals surface area contributed by atoms with E-state index in [-0.39, 0.29) is 9.77 Å². The first-order chi connectivity index (χ1) is 10.0. The molecule has 21 heavy (non-hydrogen) atoms. The van der Waals surface area contributed by atoms with Crippen molar-refractivity contribution in [2.24, 2.45) is 0 Å². The number of thiophene rings is 1. The predicted molar refractivity (Wildman–Crippen MR) is 84.9 cm³/mol. The van der Waals surface area contributed by atoms with Crippen molar-refractivity contribution in [3.63, 3.8) is 0 Å². The number of carboxylic acids is 1. The van der Waals surface area contributed by atoms with Crippen LogP contribution in [0.5, 0.6) is 0 Å². The number of nitrogens with zero attached hydrogens (tertiary/aromatic N) is 1. The van der Waals surface area contributed by atoms with Gasteiger partial charge >= 0.3 is 5.97 Å². The highest BCUT2D eigenvalue weighted by atomic mass is 32.2. The van der Waals surface area contributed by atoms with E-state index in [0.717, 1.165) is 22.8 Å². The van der Waals surface area contributed by atoms with E-state index in [2.05, 4.69) is 0 Å². The summed E-state index contributed by atoms with van der Waals surface area (Å²) in [5.74, 6) is 0.286. The Morgan fingerprint density at radius 1 is 1.19 bits per heavy atom. The topological polar surface area (TPSA) is 74.7 Å². The number of benzene rings is 1. The monoisotopic (exact) mass is 343 g/mol. The Bertz CT molecular complexity index is 791. The van der Waals surface area contributed by atoms with E-state index in [9.17, 15) is 18.3 Å². The lowest BCUT2D eigenvalue weighted by molar-refractivity contribution is 0.0698. The van der Waals surface area contributed by atoms with Crippen LogP contribution in [0.15, 0.2) is 29.2 Å². The van der Waals surface area contributed by atoms with Gasteiger partial charge in [0.2, 0.25) is 10.0 Å². The summed E-state index contributed by atoms with van der Waals surface area (Å²) in [6.07, 6.45) is 0. The number of aromatic carboxylic acids is 1. The van der Waals surface area contributed by atoms with Gasteiger partial charge in [0.05, 0.1) is 0 Å². The maximum atomic E-state index is 12.8. The lowest BCUT2D eigenvalue weighted by Crippen LogP contribution is -2.38. The Morgan fingerprint density at radius 2 is 1.86 bits per heavy atom. The Morgan fingerprint density at radius 3 is 2.52 bits per heavy atom. The zero-order valence-electron chi connectivity index (χ0n) is 11.0. The van der Waals surface area contributed by atoms with Crippen molar-refractivity contribution in [2.75, 3.05) is 24.6 Å². The van der Waals surface area contributed by atoms with Crippen LogP contribution in [0.25, 0.3) is 10.1 Å². The Labute approximate surface area is 130 Å². The van der Waals surface area contributed by atoms with Crippen molar-refractivity contribution >= 4 is 49.2 Å². The normalized spacial score (nSPS) is 17.1. The van der Waals surface area contributed by atoms with Crippen LogP contribution in [0.2, 0.25) is 0 Å². The molecule has 0 saturated carbocycles. The number of rotatable bonds is 3. The van der Waals surface area contributed by atoms with Crippen molar-refractivity contribution in [1.29, 1.82) is 0 Å². The number of carbonyl (C=O) groups is 1. The van der Waals surface area contributed by atoms with Crippen molar-refractivity contribution in [3.8, 4) is 0 Å². The third-order valence-electron chi connectivity index (χ3n) is 3.31. The summed E-state index contributed by atoms with van der Waals surface area (Å²) >= 11 is 2.72. The van der Waals surface area contributed by atoms with E-state index in [1.165, 1.54) is 4.31 Å². The van der Waals surface area contributed by atoms with E-state index in [1.807, 2.05) is 0 Å². The zero-order chi connectivity index (χ0) is 15.0. The molecule has 0 bridgehead atoms. The summed E-state index contributed by atoms with van der Waals surface area (Å²) in [5, 5.41) is 9.85. The molecule has 1 aliphatic rings. The molecule has 1 aromatic heterocycles. The molecule has 3 rings (SSSR count). The molecule has 0 unspecified atom stereocenters. The Hall–Kier alpha value is -1.09. The van der Waals surface area contributed by atoms with Crippen molar-refractivity contribution < 1.29 is 18.3 Å². The summed E-state index contributed by atoms with van der Waals surface area (Å²) in [4.78, 5) is 11.3. The fraction of sp³-hybridized carbons (Fsp3) is 0.308. The molecule has 0 amide bonds. The van der Waals surface area contributed by atoms with Gasteiger partial charge in [-0.05, 0) is 6.07 Å². The van der Waals surface area contributed by atoms with Gasteiger partial charge in [-0.15, -0.1) is 11.3 Å². The summed E-state index contributed by atoms with van der Waals surface area (Å²) < 4.78 is 27.8. The first kappa shape index (κ1) is 14.8. The standard InChI is InChI=1S/C13H13NO4S3/c15-13(16)11-12(9-3-1-2-4-10(9)20-11)21(17,18)14-5-7-19-8-6-14/h1-4H,5-8H2,(H,15,16). The minimum absolute atomic E-state index is 0.0532. The molecule has 2 aromatic rings. The highest BCUT2D eigenvalue weighted by Gasteiger charge is 2.33. The SMILES string of the molecule is O=C(O)c1sc2ccccc2c1S(=O)(=O)N1CCSCC1. The van der Waals surface area contributed by atoms with Crippen LogP contribution in [0, 0.1) is 0 Å². The highest BCUT2D eigenvalue weighted by Crippen LogP contribution is 2.36. The van der Waals surface area contributed by atoms with Crippen LogP contribution in [0.4, 0.5) is 0 Å². The Balaban J connectivity index is 2.22. The van der Waals surface area contributed by atoms with E-state index in [1.54, 1.807) is 36.0 Å². The quantitative estimate of drug-likeness (QED) is 0.926. The van der Waals surface area contributed by atoms with Gasteiger partial charge in [-0.2, -0.15) is 16.1 Å². The minimum atomic E-state index is -3.77. The van der Waals surface area contributed by atoms with E-state index in [4.69, 9.17) is 0 Å². The van der Waals surface area contributed by atoms with Gasteiger partial charge in [0.25, 0.3) is 0 Å². The lowest BCUT2D eigenvalue weighted by Gasteiger charge is -2.25. The van der Waals surface area contributed by atoms with E-state index in [0.29, 0.717) is 23.2 Å². The van der Waals surface area contributed by atoms with Crippen LogP contribution in [-0.2, 0) is 10.0 Å². The molecule has 0 atom stereocenters. The smallest absolute Gasteiger partial charge is 0.347 e. The van der Waals surface area contributed by atoms with Crippen LogP contribution in [0.1, 0.15) is 9.67 Å². The summed E-state index contributed by atoms with van der Waals surface area (Å²) in [7, 11) is -3.77. The molecule has 2 heterocycles. The number of fused-ring (bicyclic) bond motifs is 1. The van der Waals surface area contributed by atoms with Crippen LogP contribution < -0.4 is 0 Å². The van der Waals surface area contributed by atoms with Gasteiger partial charge in [0.15, 0.2) is 0 Å². The first-order valence-corrected chi connectivity index (χ1v) is 9.75. The number of carboxylic acid groups (broad SMARTS) is 1. The number of hydrogen-bond acceptors (Lipinski definition) is 5. The summed E-state index contributed by atoms with van der Waals surface area (Å²) in [5.41, 5.74) is 0. The van der Waals surface area contributed by atoms with Crippen molar-refractivity contribution in [1.82, 2.24) is 4.31 Å². The van der Waals surface area contributed by atoms with Gasteiger partial charge in [-0.25, -0.2) is 13.2 Å². The van der Waals surface area contributed by atoms with Gasteiger partial charge < -0.3 is 5.11 Å². The molecule has 112 valence electrons. The highest BCUT2D eigenvalue weighted by molar-refractivity contribution is 7.99. The third kappa shape index (κ3) is 2.57. The lowest BCUT2D eigenvalue weighted by atomic mass is 10.2. The predicted octanol–water partition coefficient (Wildman–Crippen LogP) is 2.34. The van der Waals surface area contributed by atoms with E-state index < -0.39 is 16.0 Å². The largest absolute Gasteiger partial charge is 0.477 e. The second-order valence-corrected chi connectivity index (χ2v) is 8.73. The summed E-state index contributed by atoms with van der Waals surface area (Å²) in [6.45, 7) is 0.854. The average molecular weight is 343 g/mol. The maximum absolute atomic E-state index is 12.8.